The van der Waals surface area contributed by atoms with Crippen molar-refractivity contribution < 1.29 is 0 Å². The van der Waals surface area contributed by atoms with Gasteiger partial charge < -0.3 is 4.57 Å². The Morgan fingerprint density at radius 3 is 2.76 bits per heavy atom. The normalized spacial score (nSPS) is 12.0. The van der Waals surface area contributed by atoms with Crippen LogP contribution in [0.15, 0.2) is 42.9 Å². The average Bonchev–Trinajstić information content (AvgIpc) is 2.85. The molecule has 86 valence electrons. The van der Waals surface area contributed by atoms with Crippen molar-refractivity contribution in [1.82, 2.24) is 9.55 Å². The number of nitriles is 1. The SMILES string of the molecule is CCC(C#N)Cn1cncc1-c1ccccc1. The van der Waals surface area contributed by atoms with E-state index in [0.717, 1.165) is 17.7 Å². The molecule has 0 aliphatic rings. The second-order valence-corrected chi connectivity index (χ2v) is 4.03. The summed E-state index contributed by atoms with van der Waals surface area (Å²) in [4.78, 5) is 4.17. The first-order chi connectivity index (χ1) is 8.35. The van der Waals surface area contributed by atoms with E-state index in [1.165, 1.54) is 0 Å². The van der Waals surface area contributed by atoms with E-state index in [-0.39, 0.29) is 5.92 Å². The zero-order valence-corrected chi connectivity index (χ0v) is 9.87. The molecule has 0 fully saturated rings. The van der Waals surface area contributed by atoms with Crippen molar-refractivity contribution >= 4 is 0 Å². The van der Waals surface area contributed by atoms with Gasteiger partial charge in [0, 0.05) is 6.54 Å². The van der Waals surface area contributed by atoms with E-state index >= 15 is 0 Å². The molecular formula is C14H15N3. The smallest absolute Gasteiger partial charge is 0.0951 e. The second kappa shape index (κ2) is 5.31. The molecule has 1 aromatic heterocycles. The molecule has 0 N–H and O–H groups in total. The van der Waals surface area contributed by atoms with Crippen molar-refractivity contribution in [1.29, 1.82) is 5.26 Å². The molecule has 1 aromatic carbocycles. The zero-order chi connectivity index (χ0) is 12.1. The molecule has 2 rings (SSSR count). The van der Waals surface area contributed by atoms with Crippen LogP contribution in [0.1, 0.15) is 13.3 Å². The van der Waals surface area contributed by atoms with Crippen LogP contribution in [-0.4, -0.2) is 9.55 Å². The molecule has 1 unspecified atom stereocenters. The standard InChI is InChI=1S/C14H15N3/c1-2-12(8-15)10-17-11-16-9-14(17)13-6-4-3-5-7-13/h3-7,9,11-12H,2,10H2,1H3. The largest absolute Gasteiger partial charge is 0.329 e. The van der Waals surface area contributed by atoms with Gasteiger partial charge in [-0.05, 0) is 12.0 Å². The van der Waals surface area contributed by atoms with Gasteiger partial charge >= 0.3 is 0 Å². The number of aromatic nitrogens is 2. The molecule has 0 spiro atoms. The maximum atomic E-state index is 9.00. The summed E-state index contributed by atoms with van der Waals surface area (Å²) < 4.78 is 2.05. The minimum atomic E-state index is 0.0478. The van der Waals surface area contributed by atoms with Gasteiger partial charge in [0.15, 0.2) is 0 Å². The summed E-state index contributed by atoms with van der Waals surface area (Å²) in [5.41, 5.74) is 2.21. The lowest BCUT2D eigenvalue weighted by molar-refractivity contribution is 0.528. The summed E-state index contributed by atoms with van der Waals surface area (Å²) in [6, 6.07) is 12.4. The molecule has 2 aromatic rings. The van der Waals surface area contributed by atoms with Gasteiger partial charge in [0.1, 0.15) is 0 Å². The maximum Gasteiger partial charge on any atom is 0.0951 e. The van der Waals surface area contributed by atoms with Crippen molar-refractivity contribution in [3.63, 3.8) is 0 Å². The fourth-order valence-electron chi connectivity index (χ4n) is 1.81. The summed E-state index contributed by atoms with van der Waals surface area (Å²) in [5.74, 6) is 0.0478. The third-order valence-corrected chi connectivity index (χ3v) is 2.87. The highest BCUT2D eigenvalue weighted by Gasteiger charge is 2.09. The molecule has 0 saturated heterocycles. The molecule has 0 saturated carbocycles. The Bertz CT molecular complexity index is 508. The second-order valence-electron chi connectivity index (χ2n) is 4.03. The maximum absolute atomic E-state index is 9.00. The van der Waals surface area contributed by atoms with E-state index in [1.54, 1.807) is 6.33 Å². The average molecular weight is 225 g/mol. The number of imidazole rings is 1. The van der Waals surface area contributed by atoms with Gasteiger partial charge in [-0.2, -0.15) is 5.26 Å². The van der Waals surface area contributed by atoms with Gasteiger partial charge in [-0.1, -0.05) is 37.3 Å². The number of hydrogen-bond acceptors (Lipinski definition) is 2. The topological polar surface area (TPSA) is 41.6 Å². The monoisotopic (exact) mass is 225 g/mol. The van der Waals surface area contributed by atoms with Gasteiger partial charge in [0.2, 0.25) is 0 Å². The third kappa shape index (κ3) is 2.54. The van der Waals surface area contributed by atoms with Gasteiger partial charge in [-0.3, -0.25) is 0 Å². The van der Waals surface area contributed by atoms with Gasteiger partial charge in [-0.25, -0.2) is 4.98 Å². The molecule has 1 heterocycles. The Morgan fingerprint density at radius 2 is 2.12 bits per heavy atom. The molecular weight excluding hydrogens is 210 g/mol. The highest BCUT2D eigenvalue weighted by atomic mass is 15.0. The van der Waals surface area contributed by atoms with Crippen LogP contribution in [0.4, 0.5) is 0 Å². The van der Waals surface area contributed by atoms with Gasteiger partial charge in [0.25, 0.3) is 0 Å². The van der Waals surface area contributed by atoms with E-state index < -0.39 is 0 Å². The van der Waals surface area contributed by atoms with E-state index in [4.69, 9.17) is 5.26 Å². The van der Waals surface area contributed by atoms with Crippen molar-refractivity contribution in [2.24, 2.45) is 5.92 Å². The molecule has 3 heteroatoms. The van der Waals surface area contributed by atoms with Crippen molar-refractivity contribution in [2.45, 2.75) is 19.9 Å². The van der Waals surface area contributed by atoms with Crippen LogP contribution in [0.25, 0.3) is 11.3 Å². The molecule has 0 amide bonds. The van der Waals surface area contributed by atoms with Crippen molar-refractivity contribution in [2.75, 3.05) is 0 Å². The molecule has 0 aliphatic heterocycles. The first-order valence-corrected chi connectivity index (χ1v) is 5.80. The molecule has 1 atom stereocenters. The minimum absolute atomic E-state index is 0.0478. The van der Waals surface area contributed by atoms with Crippen LogP contribution in [0.2, 0.25) is 0 Å². The Morgan fingerprint density at radius 1 is 1.35 bits per heavy atom. The van der Waals surface area contributed by atoms with E-state index in [9.17, 15) is 0 Å². The number of hydrogen-bond donors (Lipinski definition) is 0. The Labute approximate surface area is 101 Å². The first-order valence-electron chi connectivity index (χ1n) is 5.80. The molecule has 3 nitrogen and oxygen atoms in total. The zero-order valence-electron chi connectivity index (χ0n) is 9.87. The van der Waals surface area contributed by atoms with Crippen molar-refractivity contribution in [3.8, 4) is 17.3 Å². The lowest BCUT2D eigenvalue weighted by Gasteiger charge is -2.10. The van der Waals surface area contributed by atoms with Crippen LogP contribution >= 0.6 is 0 Å². The van der Waals surface area contributed by atoms with Crippen LogP contribution in [0, 0.1) is 17.2 Å². The van der Waals surface area contributed by atoms with Crippen LogP contribution in [0.5, 0.6) is 0 Å². The summed E-state index contributed by atoms with van der Waals surface area (Å²) in [7, 11) is 0. The molecule has 0 radical (unpaired) electrons. The molecule has 17 heavy (non-hydrogen) atoms. The summed E-state index contributed by atoms with van der Waals surface area (Å²) in [5, 5.41) is 9.00. The molecule has 0 aliphatic carbocycles. The van der Waals surface area contributed by atoms with Crippen LogP contribution in [0.3, 0.4) is 0 Å². The predicted molar refractivity (Wildman–Crippen MR) is 67.1 cm³/mol. The lowest BCUT2D eigenvalue weighted by Crippen LogP contribution is -2.08. The lowest BCUT2D eigenvalue weighted by atomic mass is 10.1. The minimum Gasteiger partial charge on any atom is -0.329 e. The quantitative estimate of drug-likeness (QED) is 0.802. The van der Waals surface area contributed by atoms with E-state index in [2.05, 4.69) is 23.2 Å². The fraction of sp³-hybridized carbons (Fsp3) is 0.286. The Kier molecular flexibility index (Phi) is 3.56. The summed E-state index contributed by atoms with van der Waals surface area (Å²) in [6.07, 6.45) is 4.50. The van der Waals surface area contributed by atoms with Crippen LogP contribution in [-0.2, 0) is 6.54 Å². The number of benzene rings is 1. The number of nitrogens with zero attached hydrogens (tertiary/aromatic N) is 3. The number of rotatable bonds is 4. The van der Waals surface area contributed by atoms with E-state index in [0.29, 0.717) is 6.54 Å². The Hall–Kier alpha value is -2.08. The highest BCUT2D eigenvalue weighted by Crippen LogP contribution is 2.19. The summed E-state index contributed by atoms with van der Waals surface area (Å²) >= 11 is 0. The highest BCUT2D eigenvalue weighted by molar-refractivity contribution is 5.58. The Balaban J connectivity index is 2.27. The third-order valence-electron chi connectivity index (χ3n) is 2.87. The van der Waals surface area contributed by atoms with Gasteiger partial charge in [-0.15, -0.1) is 0 Å². The fourth-order valence-corrected chi connectivity index (χ4v) is 1.81. The van der Waals surface area contributed by atoms with E-state index in [1.807, 2.05) is 35.9 Å². The first kappa shape index (κ1) is 11.4. The van der Waals surface area contributed by atoms with Crippen molar-refractivity contribution in [3.05, 3.63) is 42.9 Å². The van der Waals surface area contributed by atoms with Crippen LogP contribution < -0.4 is 0 Å². The predicted octanol–water partition coefficient (Wildman–Crippen LogP) is 3.10. The summed E-state index contributed by atoms with van der Waals surface area (Å²) in [6.45, 7) is 2.74. The van der Waals surface area contributed by atoms with Gasteiger partial charge in [0.05, 0.1) is 30.2 Å². The molecule has 0 bridgehead atoms.